The number of para-hydroxylation sites is 1. The molecule has 0 atom stereocenters. The molecule has 0 radical (unpaired) electrons. The fourth-order valence-electron chi connectivity index (χ4n) is 3.18. The van der Waals surface area contributed by atoms with E-state index in [0.29, 0.717) is 30.2 Å². The number of nitrogens with one attached hydrogen (secondary N) is 2. The smallest absolute Gasteiger partial charge is 0.261 e. The Morgan fingerprint density at radius 2 is 1.55 bits per heavy atom. The highest BCUT2D eigenvalue weighted by molar-refractivity contribution is 7.92. The normalized spacial score (nSPS) is 10.9. The molecule has 2 N–H and O–H groups in total. The third kappa shape index (κ3) is 5.95. The highest BCUT2D eigenvalue weighted by atomic mass is 32.2. The van der Waals surface area contributed by atoms with E-state index >= 15 is 0 Å². The maximum atomic E-state index is 12.8. The quantitative estimate of drug-likeness (QED) is 0.470. The van der Waals surface area contributed by atoms with Gasteiger partial charge in [0.25, 0.3) is 15.9 Å². The highest BCUT2D eigenvalue weighted by Crippen LogP contribution is 2.27. The SMILES string of the molecule is COc1ccc(S(=O)(=O)Nc2ccccc2C(=O)NCCc2ccc(OC)c(OC)c2)cc1. The molecule has 0 bridgehead atoms. The molecular formula is C24H26N2O6S. The van der Waals surface area contributed by atoms with Gasteiger partial charge in [-0.15, -0.1) is 0 Å². The summed E-state index contributed by atoms with van der Waals surface area (Å²) < 4.78 is 43.7. The standard InChI is InChI=1S/C24H26N2O6S/c1-30-18-9-11-19(12-10-18)33(28,29)26-21-7-5-4-6-20(21)24(27)25-15-14-17-8-13-22(31-2)23(16-17)32-3/h4-13,16,26H,14-15H2,1-3H3,(H,25,27). The Bertz CT molecular complexity index is 1210. The van der Waals surface area contributed by atoms with Crippen molar-refractivity contribution >= 4 is 21.6 Å². The van der Waals surface area contributed by atoms with Crippen LogP contribution in [0.3, 0.4) is 0 Å². The molecule has 0 aliphatic heterocycles. The van der Waals surface area contributed by atoms with Gasteiger partial charge in [-0.25, -0.2) is 8.42 Å². The molecule has 0 aliphatic carbocycles. The van der Waals surface area contributed by atoms with Gasteiger partial charge in [-0.1, -0.05) is 18.2 Å². The van der Waals surface area contributed by atoms with Crippen molar-refractivity contribution in [2.75, 3.05) is 32.6 Å². The second kappa shape index (κ2) is 10.7. The van der Waals surface area contributed by atoms with Gasteiger partial charge in [0.15, 0.2) is 11.5 Å². The van der Waals surface area contributed by atoms with Crippen LogP contribution in [-0.2, 0) is 16.4 Å². The van der Waals surface area contributed by atoms with Crippen LogP contribution >= 0.6 is 0 Å². The van der Waals surface area contributed by atoms with Crippen molar-refractivity contribution < 1.29 is 27.4 Å². The Morgan fingerprint density at radius 1 is 0.848 bits per heavy atom. The second-order valence-corrected chi connectivity index (χ2v) is 8.70. The van der Waals surface area contributed by atoms with Crippen molar-refractivity contribution in [1.82, 2.24) is 5.32 Å². The van der Waals surface area contributed by atoms with Gasteiger partial charge < -0.3 is 19.5 Å². The van der Waals surface area contributed by atoms with E-state index in [-0.39, 0.29) is 22.1 Å². The topological polar surface area (TPSA) is 103 Å². The number of ether oxygens (including phenoxy) is 3. The first-order valence-electron chi connectivity index (χ1n) is 10.1. The summed E-state index contributed by atoms with van der Waals surface area (Å²) in [6, 6.07) is 18.0. The lowest BCUT2D eigenvalue weighted by atomic mass is 10.1. The molecule has 33 heavy (non-hydrogen) atoms. The van der Waals surface area contributed by atoms with Crippen LogP contribution in [0.1, 0.15) is 15.9 Å². The summed E-state index contributed by atoms with van der Waals surface area (Å²) in [6.07, 6.45) is 0.561. The monoisotopic (exact) mass is 470 g/mol. The van der Waals surface area contributed by atoms with Gasteiger partial charge in [0.1, 0.15) is 5.75 Å². The Morgan fingerprint density at radius 3 is 2.21 bits per heavy atom. The van der Waals surface area contributed by atoms with E-state index in [1.807, 2.05) is 12.1 Å². The zero-order chi connectivity index (χ0) is 23.8. The van der Waals surface area contributed by atoms with Gasteiger partial charge in [0, 0.05) is 6.54 Å². The molecule has 0 unspecified atom stereocenters. The van der Waals surface area contributed by atoms with Crippen molar-refractivity contribution in [1.29, 1.82) is 0 Å². The van der Waals surface area contributed by atoms with Gasteiger partial charge in [-0.2, -0.15) is 0 Å². The van der Waals surface area contributed by atoms with Crippen molar-refractivity contribution in [3.05, 3.63) is 77.9 Å². The summed E-state index contributed by atoms with van der Waals surface area (Å²) in [5.74, 6) is 1.40. The van der Waals surface area contributed by atoms with Crippen LogP contribution in [0.15, 0.2) is 71.6 Å². The maximum Gasteiger partial charge on any atom is 0.261 e. The number of sulfonamides is 1. The van der Waals surface area contributed by atoms with E-state index in [1.54, 1.807) is 56.7 Å². The molecule has 3 aromatic rings. The largest absolute Gasteiger partial charge is 0.497 e. The number of carbonyl (C=O) groups is 1. The summed E-state index contributed by atoms with van der Waals surface area (Å²) in [6.45, 7) is 0.355. The first-order valence-corrected chi connectivity index (χ1v) is 11.6. The van der Waals surface area contributed by atoms with Crippen LogP contribution < -0.4 is 24.2 Å². The number of amides is 1. The van der Waals surface area contributed by atoms with E-state index in [9.17, 15) is 13.2 Å². The molecule has 0 spiro atoms. The number of anilines is 1. The van der Waals surface area contributed by atoms with E-state index < -0.39 is 10.0 Å². The van der Waals surface area contributed by atoms with Crippen LogP contribution in [0.25, 0.3) is 0 Å². The summed E-state index contributed by atoms with van der Waals surface area (Å²) >= 11 is 0. The summed E-state index contributed by atoms with van der Waals surface area (Å²) in [4.78, 5) is 12.8. The molecule has 0 aliphatic rings. The molecule has 0 saturated carbocycles. The van der Waals surface area contributed by atoms with Crippen molar-refractivity contribution in [2.45, 2.75) is 11.3 Å². The minimum Gasteiger partial charge on any atom is -0.497 e. The Hall–Kier alpha value is -3.72. The van der Waals surface area contributed by atoms with Gasteiger partial charge in [-0.05, 0) is 60.5 Å². The van der Waals surface area contributed by atoms with Crippen LogP contribution in [0.5, 0.6) is 17.2 Å². The molecule has 1 amide bonds. The van der Waals surface area contributed by atoms with Crippen molar-refractivity contribution in [2.24, 2.45) is 0 Å². The Kier molecular flexibility index (Phi) is 7.78. The molecule has 174 valence electrons. The number of methoxy groups -OCH3 is 3. The van der Waals surface area contributed by atoms with Gasteiger partial charge in [-0.3, -0.25) is 9.52 Å². The van der Waals surface area contributed by atoms with E-state index in [0.717, 1.165) is 5.56 Å². The highest BCUT2D eigenvalue weighted by Gasteiger charge is 2.18. The predicted molar refractivity (Wildman–Crippen MR) is 126 cm³/mol. The number of benzene rings is 3. The van der Waals surface area contributed by atoms with Gasteiger partial charge >= 0.3 is 0 Å². The first-order chi connectivity index (χ1) is 15.9. The molecule has 3 aromatic carbocycles. The van der Waals surface area contributed by atoms with Crippen LogP contribution in [0.4, 0.5) is 5.69 Å². The lowest BCUT2D eigenvalue weighted by Crippen LogP contribution is -2.27. The van der Waals surface area contributed by atoms with E-state index in [4.69, 9.17) is 14.2 Å². The third-order valence-corrected chi connectivity index (χ3v) is 6.31. The number of hydrogen-bond donors (Lipinski definition) is 2. The second-order valence-electron chi connectivity index (χ2n) is 7.02. The molecule has 9 heteroatoms. The zero-order valence-corrected chi connectivity index (χ0v) is 19.4. The zero-order valence-electron chi connectivity index (χ0n) is 18.6. The predicted octanol–water partition coefficient (Wildman–Crippen LogP) is 3.49. The fraction of sp³-hybridized carbons (Fsp3) is 0.208. The average molecular weight is 471 g/mol. The number of carbonyl (C=O) groups excluding carboxylic acids is 1. The molecule has 0 aromatic heterocycles. The van der Waals surface area contributed by atoms with E-state index in [2.05, 4.69) is 10.0 Å². The van der Waals surface area contributed by atoms with E-state index in [1.165, 1.54) is 19.2 Å². The fourth-order valence-corrected chi connectivity index (χ4v) is 4.26. The molecule has 8 nitrogen and oxygen atoms in total. The summed E-state index contributed by atoms with van der Waals surface area (Å²) in [5.41, 5.74) is 1.38. The number of rotatable bonds is 10. The van der Waals surface area contributed by atoms with Crippen molar-refractivity contribution in [3.8, 4) is 17.2 Å². The number of hydrogen-bond acceptors (Lipinski definition) is 6. The minimum absolute atomic E-state index is 0.0620. The molecule has 3 rings (SSSR count). The molecule has 0 heterocycles. The maximum absolute atomic E-state index is 12.8. The molecular weight excluding hydrogens is 444 g/mol. The first kappa shape index (κ1) is 23.9. The van der Waals surface area contributed by atoms with Crippen molar-refractivity contribution in [3.63, 3.8) is 0 Å². The van der Waals surface area contributed by atoms with Crippen LogP contribution in [0.2, 0.25) is 0 Å². The van der Waals surface area contributed by atoms with Gasteiger partial charge in [0.2, 0.25) is 0 Å². The average Bonchev–Trinajstić information content (AvgIpc) is 2.84. The van der Waals surface area contributed by atoms with Gasteiger partial charge in [0.05, 0.1) is 37.5 Å². The van der Waals surface area contributed by atoms with Crippen LogP contribution in [0, 0.1) is 0 Å². The summed E-state index contributed by atoms with van der Waals surface area (Å²) in [5, 5.41) is 2.83. The Labute approximate surface area is 193 Å². The molecule has 0 saturated heterocycles. The minimum atomic E-state index is -3.88. The summed E-state index contributed by atoms with van der Waals surface area (Å²) in [7, 11) is 0.749. The van der Waals surface area contributed by atoms with Crippen LogP contribution in [-0.4, -0.2) is 42.2 Å². The third-order valence-electron chi connectivity index (χ3n) is 4.93. The molecule has 0 fully saturated rings. The Balaban J connectivity index is 1.68. The lowest BCUT2D eigenvalue weighted by Gasteiger charge is -2.13. The lowest BCUT2D eigenvalue weighted by molar-refractivity contribution is 0.0955.